The molecule has 196 valence electrons. The second-order valence-electron chi connectivity index (χ2n) is 9.26. The van der Waals surface area contributed by atoms with Crippen LogP contribution in [-0.2, 0) is 11.3 Å². The van der Waals surface area contributed by atoms with Crippen molar-refractivity contribution in [3.05, 3.63) is 174 Å². The first-order valence-corrected chi connectivity index (χ1v) is 15.0. The highest BCUT2D eigenvalue weighted by atomic mass is 31.2. The summed E-state index contributed by atoms with van der Waals surface area (Å²) < 4.78 is 0. The van der Waals surface area contributed by atoms with Crippen molar-refractivity contribution in [2.24, 2.45) is 0 Å². The minimum atomic E-state index is -2.54. The number of rotatable bonds is 9. The lowest BCUT2D eigenvalue weighted by Gasteiger charge is -2.25. The minimum Gasteiger partial charge on any atom is -0.347 e. The monoisotopic (exact) mass is 541 g/mol. The summed E-state index contributed by atoms with van der Waals surface area (Å²) in [5, 5.41) is 9.24. The standard InChI is InChI=1S/C35H29N2O2P/c38-34(29-18-8-2-9-19-29)37-33(35(39)36-26-28-16-6-1-7-17-28)27-40(30-20-10-3-11-21-30,31-22-12-4-13-23-31)32-24-14-5-15-25-32/h1-25,27H,26H2,(H-,36,37,38,39)/p+1/b33-27-. The van der Waals surface area contributed by atoms with E-state index in [1.807, 2.05) is 109 Å². The van der Waals surface area contributed by atoms with Gasteiger partial charge in [-0.05, 0) is 54.1 Å². The molecule has 2 amide bonds. The molecule has 0 fully saturated rings. The van der Waals surface area contributed by atoms with Gasteiger partial charge in [0.25, 0.3) is 11.8 Å². The summed E-state index contributed by atoms with van der Waals surface area (Å²) in [6.45, 7) is 0.339. The molecule has 0 aliphatic rings. The van der Waals surface area contributed by atoms with Crippen molar-refractivity contribution in [3.63, 3.8) is 0 Å². The molecule has 0 unspecified atom stereocenters. The van der Waals surface area contributed by atoms with E-state index in [4.69, 9.17) is 0 Å². The van der Waals surface area contributed by atoms with E-state index in [2.05, 4.69) is 47.0 Å². The number of carbonyl (C=O) groups is 2. The van der Waals surface area contributed by atoms with Gasteiger partial charge >= 0.3 is 0 Å². The first-order valence-electron chi connectivity index (χ1n) is 13.1. The van der Waals surface area contributed by atoms with Gasteiger partial charge < -0.3 is 10.6 Å². The first kappa shape index (κ1) is 26.8. The Kier molecular flexibility index (Phi) is 8.60. The van der Waals surface area contributed by atoms with Gasteiger partial charge in [-0.15, -0.1) is 0 Å². The average molecular weight is 542 g/mol. The van der Waals surface area contributed by atoms with E-state index >= 15 is 0 Å². The Morgan fingerprint density at radius 2 is 0.950 bits per heavy atom. The molecule has 5 heteroatoms. The summed E-state index contributed by atoms with van der Waals surface area (Å²) in [5.41, 5.74) is 1.67. The summed E-state index contributed by atoms with van der Waals surface area (Å²) in [5.74, 6) is 1.31. The third-order valence-corrected chi connectivity index (χ3v) is 10.6. The molecule has 40 heavy (non-hydrogen) atoms. The Labute approximate surface area is 235 Å². The van der Waals surface area contributed by atoms with Crippen LogP contribution in [-0.4, -0.2) is 11.8 Å². The molecule has 0 bridgehead atoms. The maximum absolute atomic E-state index is 13.9. The van der Waals surface area contributed by atoms with E-state index in [0.29, 0.717) is 12.1 Å². The molecule has 0 spiro atoms. The zero-order valence-electron chi connectivity index (χ0n) is 22.0. The summed E-state index contributed by atoms with van der Waals surface area (Å²) in [7, 11) is -2.54. The van der Waals surface area contributed by atoms with Gasteiger partial charge in [-0.2, -0.15) is 0 Å². The maximum atomic E-state index is 13.9. The van der Waals surface area contributed by atoms with Crippen molar-refractivity contribution in [1.82, 2.24) is 10.6 Å². The van der Waals surface area contributed by atoms with Crippen LogP contribution in [0.3, 0.4) is 0 Å². The smallest absolute Gasteiger partial charge is 0.271 e. The molecular formula is C35H30N2O2P+. The van der Waals surface area contributed by atoms with Crippen LogP contribution in [0.5, 0.6) is 0 Å². The van der Waals surface area contributed by atoms with Gasteiger partial charge in [-0.3, -0.25) is 9.59 Å². The average Bonchev–Trinajstić information content (AvgIpc) is 3.04. The molecule has 0 atom stereocenters. The van der Waals surface area contributed by atoms with Gasteiger partial charge in [0, 0.05) is 12.1 Å². The highest BCUT2D eigenvalue weighted by molar-refractivity contribution is 7.98. The molecule has 0 aliphatic heterocycles. The van der Waals surface area contributed by atoms with Crippen molar-refractivity contribution in [1.29, 1.82) is 0 Å². The topological polar surface area (TPSA) is 58.2 Å². The molecule has 5 aromatic rings. The normalized spacial score (nSPS) is 11.4. The van der Waals surface area contributed by atoms with Crippen molar-refractivity contribution < 1.29 is 9.59 Å². The Hall–Kier alpha value is -4.79. The van der Waals surface area contributed by atoms with Crippen LogP contribution in [0.2, 0.25) is 0 Å². The zero-order chi connectivity index (χ0) is 27.6. The van der Waals surface area contributed by atoms with Gasteiger partial charge in [0.15, 0.2) is 0 Å². The minimum absolute atomic E-state index is 0.217. The third kappa shape index (κ3) is 6.09. The number of hydrogen-bond acceptors (Lipinski definition) is 2. The highest BCUT2D eigenvalue weighted by Crippen LogP contribution is 2.57. The Morgan fingerprint density at radius 3 is 1.40 bits per heavy atom. The van der Waals surface area contributed by atoms with Crippen LogP contribution in [0, 0.1) is 0 Å². The van der Waals surface area contributed by atoms with Gasteiger partial charge in [0.05, 0.1) is 0 Å². The second kappa shape index (κ2) is 12.8. The summed E-state index contributed by atoms with van der Waals surface area (Å²) in [4.78, 5) is 27.3. The fraction of sp³-hybridized carbons (Fsp3) is 0.0286. The molecule has 4 nitrogen and oxygen atoms in total. The number of hydrogen-bond donors (Lipinski definition) is 2. The Morgan fingerprint density at radius 1 is 0.550 bits per heavy atom. The molecular weight excluding hydrogens is 511 g/mol. The van der Waals surface area contributed by atoms with E-state index < -0.39 is 7.26 Å². The molecule has 0 aromatic heterocycles. The van der Waals surface area contributed by atoms with Crippen molar-refractivity contribution in [2.75, 3.05) is 0 Å². The van der Waals surface area contributed by atoms with Gasteiger partial charge in [0.2, 0.25) is 0 Å². The number of carbonyl (C=O) groups excluding carboxylic acids is 2. The van der Waals surface area contributed by atoms with Crippen LogP contribution >= 0.6 is 7.26 Å². The quantitative estimate of drug-likeness (QED) is 0.189. The zero-order valence-corrected chi connectivity index (χ0v) is 22.9. The van der Waals surface area contributed by atoms with Gasteiger partial charge in [0.1, 0.15) is 34.7 Å². The number of nitrogens with one attached hydrogen (secondary N) is 2. The van der Waals surface area contributed by atoms with Crippen LogP contribution in [0.1, 0.15) is 15.9 Å². The molecule has 2 N–H and O–H groups in total. The predicted molar refractivity (Wildman–Crippen MR) is 165 cm³/mol. The SMILES string of the molecule is O=C(NCc1ccccc1)/C(=C/[P+](c1ccccc1)(c1ccccc1)c1ccccc1)NC(=O)c1ccccc1. The molecule has 0 heterocycles. The van der Waals surface area contributed by atoms with E-state index in [1.165, 1.54) is 0 Å². The van der Waals surface area contributed by atoms with E-state index in [1.54, 1.807) is 12.1 Å². The lowest BCUT2D eigenvalue weighted by atomic mass is 10.2. The van der Waals surface area contributed by atoms with Crippen molar-refractivity contribution in [2.45, 2.75) is 6.54 Å². The predicted octanol–water partition coefficient (Wildman–Crippen LogP) is 5.57. The molecule has 0 saturated carbocycles. The van der Waals surface area contributed by atoms with Crippen LogP contribution in [0.25, 0.3) is 0 Å². The molecule has 0 saturated heterocycles. The fourth-order valence-electron chi connectivity index (χ4n) is 4.66. The summed E-state index contributed by atoms with van der Waals surface area (Å²) >= 11 is 0. The molecule has 0 aliphatic carbocycles. The Bertz CT molecular complexity index is 1480. The van der Waals surface area contributed by atoms with E-state index in [-0.39, 0.29) is 17.5 Å². The second-order valence-corrected chi connectivity index (χ2v) is 12.5. The molecule has 0 radical (unpaired) electrons. The largest absolute Gasteiger partial charge is 0.347 e. The number of amides is 2. The third-order valence-electron chi connectivity index (χ3n) is 6.64. The summed E-state index contributed by atoms with van der Waals surface area (Å²) in [6, 6.07) is 49.3. The van der Waals surface area contributed by atoms with Crippen molar-refractivity contribution >= 4 is 35.0 Å². The first-order chi connectivity index (χ1) is 19.7. The van der Waals surface area contributed by atoms with E-state index in [0.717, 1.165) is 21.5 Å². The van der Waals surface area contributed by atoms with Gasteiger partial charge in [-0.1, -0.05) is 103 Å². The maximum Gasteiger partial charge on any atom is 0.271 e. The lowest BCUT2D eigenvalue weighted by molar-refractivity contribution is -0.117. The fourth-order valence-corrected chi connectivity index (χ4v) is 8.50. The summed E-state index contributed by atoms with van der Waals surface area (Å²) in [6.07, 6.45) is 0. The van der Waals surface area contributed by atoms with Gasteiger partial charge in [-0.25, -0.2) is 0 Å². The van der Waals surface area contributed by atoms with Crippen molar-refractivity contribution in [3.8, 4) is 0 Å². The van der Waals surface area contributed by atoms with Crippen LogP contribution in [0.4, 0.5) is 0 Å². The van der Waals surface area contributed by atoms with Crippen LogP contribution < -0.4 is 26.5 Å². The van der Waals surface area contributed by atoms with Crippen LogP contribution in [0.15, 0.2) is 163 Å². The molecule has 5 aromatic carbocycles. The lowest BCUT2D eigenvalue weighted by Crippen LogP contribution is -2.37. The Balaban J connectivity index is 1.68. The number of benzene rings is 5. The molecule has 5 rings (SSSR count). The highest BCUT2D eigenvalue weighted by Gasteiger charge is 2.45. The van der Waals surface area contributed by atoms with E-state index in [9.17, 15) is 9.59 Å².